The van der Waals surface area contributed by atoms with E-state index in [1.165, 1.54) is 6.26 Å². The fourth-order valence-electron chi connectivity index (χ4n) is 2.16. The van der Waals surface area contributed by atoms with E-state index in [-0.39, 0.29) is 6.54 Å². The molecule has 0 saturated heterocycles. The molecule has 1 aromatic carbocycles. The van der Waals surface area contributed by atoms with Crippen molar-refractivity contribution in [2.24, 2.45) is 0 Å². The maximum absolute atomic E-state index is 12.1. The molecule has 0 radical (unpaired) electrons. The highest BCUT2D eigenvalue weighted by Crippen LogP contribution is 2.32. The number of carbonyl (C=O) groups is 1. The Hall–Kier alpha value is -2.18. The Morgan fingerprint density at radius 1 is 1.35 bits per heavy atom. The van der Waals surface area contributed by atoms with Crippen LogP contribution < -0.4 is 15.5 Å². The molecule has 1 heterocycles. The zero-order valence-corrected chi connectivity index (χ0v) is 14.0. The van der Waals surface area contributed by atoms with E-state index in [4.69, 9.17) is 16.0 Å². The number of benzene rings is 1. The number of nitrogens with zero attached hydrogens (tertiary/aromatic N) is 1. The predicted octanol–water partition coefficient (Wildman–Crippen LogP) is 3.03. The average Bonchev–Trinajstić information content (AvgIpc) is 3.00. The molecule has 23 heavy (non-hydrogen) atoms. The van der Waals surface area contributed by atoms with Crippen LogP contribution in [0.4, 0.5) is 16.2 Å². The van der Waals surface area contributed by atoms with E-state index in [1.807, 2.05) is 19.0 Å². The molecule has 1 atom stereocenters. The molecule has 2 aromatic rings. The van der Waals surface area contributed by atoms with Crippen molar-refractivity contribution in [3.05, 3.63) is 47.4 Å². The van der Waals surface area contributed by atoms with Gasteiger partial charge in [-0.1, -0.05) is 17.7 Å². The summed E-state index contributed by atoms with van der Waals surface area (Å²) >= 11 is 6.16. The lowest BCUT2D eigenvalue weighted by molar-refractivity contribution is 0.0372. The molecule has 0 bridgehead atoms. The number of urea groups is 1. The molecule has 0 unspecified atom stereocenters. The van der Waals surface area contributed by atoms with Crippen molar-refractivity contribution in [3.63, 3.8) is 0 Å². The zero-order valence-electron chi connectivity index (χ0n) is 13.3. The van der Waals surface area contributed by atoms with Gasteiger partial charge in [0.25, 0.3) is 0 Å². The fraction of sp³-hybridized carbons (Fsp3) is 0.312. The summed E-state index contributed by atoms with van der Waals surface area (Å²) in [5, 5.41) is 16.2. The van der Waals surface area contributed by atoms with Gasteiger partial charge in [-0.05, 0) is 31.2 Å². The van der Waals surface area contributed by atoms with Crippen LogP contribution in [0.2, 0.25) is 5.02 Å². The Balaban J connectivity index is 2.02. The van der Waals surface area contributed by atoms with Gasteiger partial charge >= 0.3 is 6.03 Å². The number of amides is 2. The number of anilines is 2. The smallest absolute Gasteiger partial charge is 0.319 e. The van der Waals surface area contributed by atoms with Crippen LogP contribution in [0.15, 0.2) is 41.0 Å². The number of rotatable bonds is 5. The standard InChI is InChI=1S/C16H20ClN3O3/c1-16(22,13-8-5-9-23-13)10-18-15(21)19-12-7-4-6-11(17)14(12)20(2)3/h4-9,22H,10H2,1-3H3,(H2,18,19,21)/t16-/m1/s1. The third-order valence-corrected chi connectivity index (χ3v) is 3.63. The van der Waals surface area contributed by atoms with E-state index in [2.05, 4.69) is 10.6 Å². The Kier molecular flexibility index (Phi) is 5.18. The van der Waals surface area contributed by atoms with Crippen LogP contribution in [-0.2, 0) is 5.60 Å². The van der Waals surface area contributed by atoms with Gasteiger partial charge < -0.3 is 25.1 Å². The Morgan fingerprint density at radius 2 is 2.09 bits per heavy atom. The summed E-state index contributed by atoms with van der Waals surface area (Å²) in [5.41, 5.74) is -0.000674. The van der Waals surface area contributed by atoms with Gasteiger partial charge in [0.2, 0.25) is 0 Å². The molecule has 0 spiro atoms. The van der Waals surface area contributed by atoms with Gasteiger partial charge in [0.1, 0.15) is 11.4 Å². The second-order valence-corrected chi connectivity index (χ2v) is 6.00. The summed E-state index contributed by atoms with van der Waals surface area (Å²) in [5.74, 6) is 0.384. The minimum absolute atomic E-state index is 0.00418. The number of nitrogens with one attached hydrogen (secondary N) is 2. The number of hydrogen-bond donors (Lipinski definition) is 3. The summed E-state index contributed by atoms with van der Waals surface area (Å²) in [6.45, 7) is 1.57. The quantitative estimate of drug-likeness (QED) is 0.783. The first-order valence-electron chi connectivity index (χ1n) is 7.08. The minimum atomic E-state index is -1.29. The molecule has 0 aliphatic rings. The van der Waals surface area contributed by atoms with Crippen molar-refractivity contribution >= 4 is 29.0 Å². The first kappa shape index (κ1) is 17.2. The molecule has 3 N–H and O–H groups in total. The van der Waals surface area contributed by atoms with Crippen LogP contribution in [0, 0.1) is 0 Å². The van der Waals surface area contributed by atoms with Crippen LogP contribution >= 0.6 is 11.6 Å². The van der Waals surface area contributed by atoms with Gasteiger partial charge in [0.15, 0.2) is 0 Å². The average molecular weight is 338 g/mol. The summed E-state index contributed by atoms with van der Waals surface area (Å²) in [4.78, 5) is 13.9. The van der Waals surface area contributed by atoms with Crippen molar-refractivity contribution in [2.45, 2.75) is 12.5 Å². The van der Waals surface area contributed by atoms with E-state index in [9.17, 15) is 9.90 Å². The minimum Gasteiger partial charge on any atom is -0.466 e. The molecule has 0 fully saturated rings. The molecule has 0 aliphatic carbocycles. The lowest BCUT2D eigenvalue weighted by Crippen LogP contribution is -2.40. The zero-order chi connectivity index (χ0) is 17.0. The number of carbonyl (C=O) groups excluding carboxylic acids is 1. The monoisotopic (exact) mass is 337 g/mol. The first-order valence-corrected chi connectivity index (χ1v) is 7.46. The highest BCUT2D eigenvalue weighted by molar-refractivity contribution is 6.34. The van der Waals surface area contributed by atoms with Gasteiger partial charge in [-0.25, -0.2) is 4.79 Å². The van der Waals surface area contributed by atoms with Gasteiger partial charge in [-0.2, -0.15) is 0 Å². The Labute approximate surface area is 140 Å². The van der Waals surface area contributed by atoms with Gasteiger partial charge in [0.05, 0.1) is 29.2 Å². The number of hydrogen-bond acceptors (Lipinski definition) is 4. The third-order valence-electron chi connectivity index (χ3n) is 3.33. The number of para-hydroxylation sites is 1. The van der Waals surface area contributed by atoms with Crippen molar-refractivity contribution in [2.75, 3.05) is 30.9 Å². The van der Waals surface area contributed by atoms with Gasteiger partial charge in [0, 0.05) is 14.1 Å². The lowest BCUT2D eigenvalue weighted by atomic mass is 10.0. The molecular formula is C16H20ClN3O3. The fourth-order valence-corrected chi connectivity index (χ4v) is 2.51. The summed E-state index contributed by atoms with van der Waals surface area (Å²) in [7, 11) is 3.68. The predicted molar refractivity (Wildman–Crippen MR) is 91.1 cm³/mol. The molecule has 6 nitrogen and oxygen atoms in total. The van der Waals surface area contributed by atoms with E-state index in [0.717, 1.165) is 0 Å². The van der Waals surface area contributed by atoms with E-state index >= 15 is 0 Å². The van der Waals surface area contributed by atoms with Crippen LogP contribution in [0.25, 0.3) is 0 Å². The van der Waals surface area contributed by atoms with Crippen LogP contribution in [0.3, 0.4) is 0 Å². The van der Waals surface area contributed by atoms with Crippen LogP contribution in [-0.4, -0.2) is 31.8 Å². The SMILES string of the molecule is CN(C)c1c(Cl)cccc1NC(=O)NC[C@@](C)(O)c1ccco1. The summed E-state index contributed by atoms with van der Waals surface area (Å²) in [6.07, 6.45) is 1.47. The van der Waals surface area contributed by atoms with Crippen LogP contribution in [0.1, 0.15) is 12.7 Å². The maximum Gasteiger partial charge on any atom is 0.319 e. The van der Waals surface area contributed by atoms with Gasteiger partial charge in [-0.15, -0.1) is 0 Å². The molecule has 124 valence electrons. The summed E-state index contributed by atoms with van der Waals surface area (Å²) in [6, 6.07) is 8.15. The molecule has 0 aliphatic heterocycles. The largest absolute Gasteiger partial charge is 0.466 e. The van der Waals surface area contributed by atoms with Crippen LogP contribution in [0.5, 0.6) is 0 Å². The summed E-state index contributed by atoms with van der Waals surface area (Å²) < 4.78 is 5.17. The molecular weight excluding hydrogens is 318 g/mol. The second-order valence-electron chi connectivity index (χ2n) is 5.59. The first-order chi connectivity index (χ1) is 10.8. The molecule has 0 saturated carbocycles. The van der Waals surface area contributed by atoms with E-state index in [1.54, 1.807) is 37.3 Å². The maximum atomic E-state index is 12.1. The number of furan rings is 1. The second kappa shape index (κ2) is 6.93. The van der Waals surface area contributed by atoms with Crippen molar-refractivity contribution in [1.82, 2.24) is 5.32 Å². The molecule has 2 amide bonds. The topological polar surface area (TPSA) is 77.7 Å². The lowest BCUT2D eigenvalue weighted by Gasteiger charge is -2.22. The van der Waals surface area contributed by atoms with Crippen molar-refractivity contribution in [3.8, 4) is 0 Å². The molecule has 7 heteroatoms. The van der Waals surface area contributed by atoms with Crippen molar-refractivity contribution in [1.29, 1.82) is 0 Å². The number of halogens is 1. The Morgan fingerprint density at radius 3 is 2.70 bits per heavy atom. The van der Waals surface area contributed by atoms with Crippen molar-refractivity contribution < 1.29 is 14.3 Å². The van der Waals surface area contributed by atoms with Gasteiger partial charge in [-0.3, -0.25) is 0 Å². The highest BCUT2D eigenvalue weighted by atomic mass is 35.5. The number of aliphatic hydroxyl groups is 1. The third kappa shape index (κ3) is 4.18. The Bertz CT molecular complexity index is 669. The van der Waals surface area contributed by atoms with E-state index in [0.29, 0.717) is 22.2 Å². The highest BCUT2D eigenvalue weighted by Gasteiger charge is 2.27. The van der Waals surface area contributed by atoms with E-state index < -0.39 is 11.6 Å². The molecule has 1 aromatic heterocycles. The molecule has 2 rings (SSSR count). The normalized spacial score (nSPS) is 13.3.